The van der Waals surface area contributed by atoms with Crippen molar-refractivity contribution in [3.63, 3.8) is 0 Å². The minimum Gasteiger partial charge on any atom is -0.381 e. The van der Waals surface area contributed by atoms with E-state index in [2.05, 4.69) is 16.1 Å². The third-order valence-corrected chi connectivity index (χ3v) is 3.81. The Morgan fingerprint density at radius 1 is 0.696 bits per heavy atom. The lowest BCUT2D eigenvalue weighted by molar-refractivity contribution is -0.208. The van der Waals surface area contributed by atoms with Crippen molar-refractivity contribution in [2.24, 2.45) is 0 Å². The summed E-state index contributed by atoms with van der Waals surface area (Å²) in [6.45, 7) is 3.77. The number of hydrogen-bond acceptors (Lipinski definition) is 5. The molecule has 0 spiro atoms. The third-order valence-electron chi connectivity index (χ3n) is 3.54. The van der Waals surface area contributed by atoms with Crippen LogP contribution in [-0.4, -0.2) is 32.8 Å². The van der Waals surface area contributed by atoms with Crippen molar-refractivity contribution in [3.05, 3.63) is 0 Å². The molecule has 0 aliphatic heterocycles. The fourth-order valence-corrected chi connectivity index (χ4v) is 2.44. The Labute approximate surface area is 141 Å². The summed E-state index contributed by atoms with van der Waals surface area (Å²) in [4.78, 5) is 4.32. The fourth-order valence-electron chi connectivity index (χ4n) is 2.25. The molecule has 7 heteroatoms. The van der Waals surface area contributed by atoms with E-state index in [0.717, 1.165) is 19.4 Å². The Hall–Kier alpha value is -0.210. The van der Waals surface area contributed by atoms with E-state index in [1.807, 2.05) is 0 Å². The summed E-state index contributed by atoms with van der Waals surface area (Å²) in [5.74, 6) is 0. The lowest BCUT2D eigenvalue weighted by atomic mass is 10.1. The molecule has 0 aromatic rings. The molecule has 0 aromatic heterocycles. The summed E-state index contributed by atoms with van der Waals surface area (Å²) in [6.07, 6.45) is 14.5. The molecular weight excluding hydrogens is 320 g/mol. The molecule has 6 nitrogen and oxygen atoms in total. The zero-order valence-corrected chi connectivity index (χ0v) is 15.3. The van der Waals surface area contributed by atoms with E-state index < -0.39 is 10.4 Å². The molecule has 0 bridgehead atoms. The van der Waals surface area contributed by atoms with Gasteiger partial charge in [0.15, 0.2) is 0 Å². The maximum atomic E-state index is 10.2. The second-order valence-electron chi connectivity index (χ2n) is 5.82. The molecule has 0 aromatic carbocycles. The van der Waals surface area contributed by atoms with Gasteiger partial charge in [-0.2, -0.15) is 8.42 Å². The topological polar surface area (TPSA) is 82.1 Å². The average Bonchev–Trinajstić information content (AvgIpc) is 2.49. The van der Waals surface area contributed by atoms with Crippen molar-refractivity contribution < 1.29 is 26.9 Å². The summed E-state index contributed by atoms with van der Waals surface area (Å²) in [5, 5.41) is 0. The van der Waals surface area contributed by atoms with Crippen molar-refractivity contribution in [2.75, 3.05) is 19.8 Å². The number of ether oxygens (including phenoxy) is 1. The highest BCUT2D eigenvalue weighted by Crippen LogP contribution is 2.10. The van der Waals surface area contributed by atoms with Crippen molar-refractivity contribution in [1.29, 1.82) is 0 Å². The highest BCUT2D eigenvalue weighted by atomic mass is 32.3. The van der Waals surface area contributed by atoms with E-state index in [0.29, 0.717) is 13.0 Å². The van der Waals surface area contributed by atoms with E-state index in [1.165, 1.54) is 57.8 Å². The van der Waals surface area contributed by atoms with Crippen LogP contribution in [-0.2, 0) is 24.4 Å². The summed E-state index contributed by atoms with van der Waals surface area (Å²) in [5.41, 5.74) is 0. The van der Waals surface area contributed by atoms with Gasteiger partial charge >= 0.3 is 10.4 Å². The molecule has 23 heavy (non-hydrogen) atoms. The van der Waals surface area contributed by atoms with Gasteiger partial charge in [-0.15, -0.1) is 0 Å². The normalized spacial score (nSPS) is 11.9. The zero-order chi connectivity index (χ0) is 17.2. The van der Waals surface area contributed by atoms with Gasteiger partial charge in [0.2, 0.25) is 0 Å². The molecule has 0 radical (unpaired) electrons. The van der Waals surface area contributed by atoms with Crippen LogP contribution in [0.15, 0.2) is 0 Å². The second kappa shape index (κ2) is 16.6. The summed E-state index contributed by atoms with van der Waals surface area (Å²) >= 11 is 0. The van der Waals surface area contributed by atoms with Gasteiger partial charge in [0.25, 0.3) is 0 Å². The Morgan fingerprint density at radius 2 is 1.13 bits per heavy atom. The Balaban J connectivity index is 3.03. The molecule has 0 fully saturated rings. The van der Waals surface area contributed by atoms with Gasteiger partial charge < -0.3 is 4.74 Å². The molecule has 0 atom stereocenters. The largest absolute Gasteiger partial charge is 0.424 e. The highest BCUT2D eigenvalue weighted by molar-refractivity contribution is 7.80. The molecule has 0 aliphatic rings. The third kappa shape index (κ3) is 21.8. The van der Waals surface area contributed by atoms with E-state index in [-0.39, 0.29) is 6.61 Å². The van der Waals surface area contributed by atoms with Gasteiger partial charge in [0.05, 0.1) is 6.61 Å². The second-order valence-corrected chi connectivity index (χ2v) is 6.81. The van der Waals surface area contributed by atoms with E-state index >= 15 is 0 Å². The Bertz CT molecular complexity index is 331. The first-order valence-electron chi connectivity index (χ1n) is 8.92. The zero-order valence-electron chi connectivity index (χ0n) is 14.5. The quantitative estimate of drug-likeness (QED) is 0.169. The van der Waals surface area contributed by atoms with Gasteiger partial charge in [-0.05, 0) is 19.3 Å². The van der Waals surface area contributed by atoms with Gasteiger partial charge in [-0.25, -0.2) is 4.89 Å². The SMILES string of the molecule is CCCCCCCCCCCCOCCCCOOS(=O)(=O)O. The van der Waals surface area contributed by atoms with Crippen molar-refractivity contribution in [1.82, 2.24) is 0 Å². The maximum Gasteiger partial charge on any atom is 0.424 e. The monoisotopic (exact) mass is 354 g/mol. The molecule has 0 rings (SSSR count). The molecule has 0 amide bonds. The van der Waals surface area contributed by atoms with Gasteiger partial charge in [0, 0.05) is 13.2 Å². The molecule has 0 saturated carbocycles. The predicted molar refractivity (Wildman–Crippen MR) is 90.5 cm³/mol. The van der Waals surface area contributed by atoms with Crippen molar-refractivity contribution in [2.45, 2.75) is 84.0 Å². The van der Waals surface area contributed by atoms with Crippen molar-refractivity contribution in [3.8, 4) is 0 Å². The van der Waals surface area contributed by atoms with Crippen LogP contribution < -0.4 is 0 Å². The van der Waals surface area contributed by atoms with Crippen LogP contribution in [0.25, 0.3) is 0 Å². The van der Waals surface area contributed by atoms with Crippen LogP contribution >= 0.6 is 0 Å². The highest BCUT2D eigenvalue weighted by Gasteiger charge is 2.04. The summed E-state index contributed by atoms with van der Waals surface area (Å²) < 4.78 is 37.8. The minimum atomic E-state index is -4.50. The van der Waals surface area contributed by atoms with E-state index in [4.69, 9.17) is 9.29 Å². The number of unbranched alkanes of at least 4 members (excludes halogenated alkanes) is 10. The van der Waals surface area contributed by atoms with Crippen LogP contribution in [0.3, 0.4) is 0 Å². The molecule has 0 heterocycles. The molecule has 0 aliphatic carbocycles. The van der Waals surface area contributed by atoms with Gasteiger partial charge in [0.1, 0.15) is 0 Å². The molecule has 0 unspecified atom stereocenters. The van der Waals surface area contributed by atoms with Crippen LogP contribution in [0.4, 0.5) is 0 Å². The van der Waals surface area contributed by atoms with Gasteiger partial charge in [-0.3, -0.25) is 4.55 Å². The standard InChI is InChI=1S/C16H34O6S/c1-2-3-4-5-6-7-8-9-10-11-14-20-15-12-13-16-21-22-23(17,18)19/h2-16H2,1H3,(H,17,18,19). The van der Waals surface area contributed by atoms with Crippen LogP contribution in [0.1, 0.15) is 84.0 Å². The fraction of sp³-hybridized carbons (Fsp3) is 1.00. The molecular formula is C16H34O6S. The smallest absolute Gasteiger partial charge is 0.381 e. The van der Waals surface area contributed by atoms with Crippen LogP contribution in [0.2, 0.25) is 0 Å². The lowest BCUT2D eigenvalue weighted by Crippen LogP contribution is -2.06. The summed E-state index contributed by atoms with van der Waals surface area (Å²) in [6, 6.07) is 0. The Morgan fingerprint density at radius 3 is 1.65 bits per heavy atom. The average molecular weight is 355 g/mol. The molecule has 1 N–H and O–H groups in total. The molecule has 140 valence electrons. The first-order valence-corrected chi connectivity index (χ1v) is 10.3. The van der Waals surface area contributed by atoms with E-state index in [1.54, 1.807) is 0 Å². The summed E-state index contributed by atoms with van der Waals surface area (Å²) in [7, 11) is -4.50. The Kier molecular flexibility index (Phi) is 16.5. The van der Waals surface area contributed by atoms with Crippen LogP contribution in [0.5, 0.6) is 0 Å². The van der Waals surface area contributed by atoms with Crippen LogP contribution in [0, 0.1) is 0 Å². The number of rotatable bonds is 18. The lowest BCUT2D eigenvalue weighted by Gasteiger charge is -2.05. The van der Waals surface area contributed by atoms with E-state index in [9.17, 15) is 8.42 Å². The first kappa shape index (κ1) is 22.8. The predicted octanol–water partition coefficient (Wildman–Crippen LogP) is 4.46. The maximum absolute atomic E-state index is 10.2. The number of hydrogen-bond donors (Lipinski definition) is 1. The van der Waals surface area contributed by atoms with Gasteiger partial charge in [-0.1, -0.05) is 69.0 Å². The first-order chi connectivity index (χ1) is 11.1. The minimum absolute atomic E-state index is 0.113. The van der Waals surface area contributed by atoms with Crippen molar-refractivity contribution >= 4 is 10.4 Å². The molecule has 0 saturated heterocycles.